The van der Waals surface area contributed by atoms with Crippen LogP contribution in [0.2, 0.25) is 0 Å². The zero-order valence-electron chi connectivity index (χ0n) is 33.1. The van der Waals surface area contributed by atoms with E-state index in [1.807, 2.05) is 6.07 Å². The first-order valence-electron chi connectivity index (χ1n) is 18.1. The average Bonchev–Trinajstić information content (AvgIpc) is 3.65. The smallest absolute Gasteiger partial charge is 0.104 e. The van der Waals surface area contributed by atoms with Gasteiger partial charge in [-0.25, -0.2) is 0 Å². The van der Waals surface area contributed by atoms with Gasteiger partial charge in [0, 0.05) is 21.5 Å². The molecule has 0 aliphatic heterocycles. The highest BCUT2D eigenvalue weighted by molar-refractivity contribution is 6.10. The molecule has 0 N–H and O–H groups in total. The van der Waals surface area contributed by atoms with Gasteiger partial charge < -0.3 is 9.13 Å². The first-order valence-corrected chi connectivity index (χ1v) is 10.1. The van der Waals surface area contributed by atoms with Gasteiger partial charge in [-0.05, 0) is 36.3 Å². The zero-order valence-corrected chi connectivity index (χ0v) is 17.1. The fraction of sp³-hybridized carbons (Fsp3) is 0. The van der Waals surface area contributed by atoms with E-state index in [0.717, 1.165) is 9.13 Å². The van der Waals surface area contributed by atoms with E-state index in [2.05, 4.69) is 0 Å². The van der Waals surface area contributed by atoms with Gasteiger partial charge in [-0.15, -0.1) is 0 Å². The zero-order chi connectivity index (χ0) is 36.6. The van der Waals surface area contributed by atoms with Crippen LogP contribution in [0.1, 0.15) is 27.5 Å². The Morgan fingerprint density at radius 1 is 0.529 bits per heavy atom. The molecule has 3 nitrogen and oxygen atoms in total. The Morgan fingerprint density at radius 3 is 1.18 bits per heavy atom. The fourth-order valence-corrected chi connectivity index (χ4v) is 4.34. The molecule has 0 aliphatic carbocycles. The van der Waals surface area contributed by atoms with E-state index in [0.29, 0.717) is 0 Å². The van der Waals surface area contributed by atoms with Crippen LogP contribution in [0.25, 0.3) is 55.0 Å². The van der Waals surface area contributed by atoms with E-state index < -0.39 is 96.7 Å². The van der Waals surface area contributed by atoms with E-state index in [1.165, 1.54) is 18.2 Å². The van der Waals surface area contributed by atoms with Crippen LogP contribution in [-0.2, 0) is 0 Å². The van der Waals surface area contributed by atoms with Gasteiger partial charge in [-0.3, -0.25) is 0 Å². The number of nitrogens with zero attached hydrogens (tertiary/aromatic N) is 3. The van der Waals surface area contributed by atoms with E-state index in [9.17, 15) is 5.26 Å². The lowest BCUT2D eigenvalue weighted by molar-refractivity contribution is 1.12. The SMILES string of the molecule is [2H]c1c([2H])c([2H])c2c(c1[2H])c1c([2H])c([2H])c([2H])c([2H])c1n2-c1cccc(-n2c3c([2H])c([2H])c([2H])c([2H])c3c3c([2H])c([2H])c([2H])c([2H])c32)c1C#N. The van der Waals surface area contributed by atoms with Crippen molar-refractivity contribution < 1.29 is 21.9 Å². The Morgan fingerprint density at radius 2 is 0.853 bits per heavy atom. The number of fused-ring (bicyclic) bond motifs is 6. The largest absolute Gasteiger partial charge is 0.308 e. The number of hydrogen-bond donors (Lipinski definition) is 0. The van der Waals surface area contributed by atoms with Gasteiger partial charge in [0.2, 0.25) is 0 Å². The summed E-state index contributed by atoms with van der Waals surface area (Å²) in [7, 11) is 0. The third kappa shape index (κ3) is 2.45. The first-order chi connectivity index (χ1) is 23.5. The monoisotopic (exact) mass is 449 g/mol. The maximum absolute atomic E-state index is 10.8. The molecule has 0 amide bonds. The second kappa shape index (κ2) is 7.10. The van der Waals surface area contributed by atoms with Crippen molar-refractivity contribution in [1.29, 1.82) is 5.26 Å². The fourth-order valence-electron chi connectivity index (χ4n) is 4.34. The van der Waals surface area contributed by atoms with Crippen LogP contribution < -0.4 is 0 Å². The van der Waals surface area contributed by atoms with Gasteiger partial charge in [0.05, 0.1) is 55.4 Å². The van der Waals surface area contributed by atoms with Crippen molar-refractivity contribution in [3.63, 3.8) is 0 Å². The predicted octanol–water partition coefficient (Wildman–Crippen LogP) is 7.75. The molecule has 0 spiro atoms. The second-order valence-corrected chi connectivity index (χ2v) is 7.35. The molecular weight excluding hydrogens is 414 g/mol. The minimum absolute atomic E-state index is 0.142. The van der Waals surface area contributed by atoms with Crippen molar-refractivity contribution >= 4 is 43.6 Å². The lowest BCUT2D eigenvalue weighted by Gasteiger charge is -2.15. The molecule has 0 radical (unpaired) electrons. The summed E-state index contributed by atoms with van der Waals surface area (Å²) >= 11 is 0. The molecule has 7 rings (SSSR count). The van der Waals surface area contributed by atoms with Crippen LogP contribution in [0.4, 0.5) is 0 Å². The second-order valence-electron chi connectivity index (χ2n) is 7.35. The Balaban J connectivity index is 1.78. The molecule has 158 valence electrons. The van der Waals surface area contributed by atoms with Crippen molar-refractivity contribution in [3.8, 4) is 17.4 Å². The Labute approximate surface area is 218 Å². The van der Waals surface area contributed by atoms with E-state index in [4.69, 9.17) is 21.9 Å². The topological polar surface area (TPSA) is 33.6 Å². The van der Waals surface area contributed by atoms with Gasteiger partial charge in [0.15, 0.2) is 0 Å². The molecule has 5 aromatic carbocycles. The van der Waals surface area contributed by atoms with Gasteiger partial charge >= 0.3 is 0 Å². The van der Waals surface area contributed by atoms with E-state index >= 15 is 0 Å². The highest BCUT2D eigenvalue weighted by Crippen LogP contribution is 2.37. The summed E-state index contributed by atoms with van der Waals surface area (Å²) in [6.45, 7) is 0. The van der Waals surface area contributed by atoms with Crippen LogP contribution in [0, 0.1) is 11.3 Å². The molecule has 0 fully saturated rings. The summed E-state index contributed by atoms with van der Waals surface area (Å²) < 4.78 is 139. The highest BCUT2D eigenvalue weighted by atomic mass is 15.0. The number of hydrogen-bond acceptors (Lipinski definition) is 1. The maximum atomic E-state index is 10.8. The summed E-state index contributed by atoms with van der Waals surface area (Å²) in [6, 6.07) is -3.94. The summed E-state index contributed by atoms with van der Waals surface area (Å²) in [5.74, 6) is 0. The van der Waals surface area contributed by atoms with Crippen molar-refractivity contribution in [1.82, 2.24) is 9.13 Å². The van der Waals surface area contributed by atoms with Crippen LogP contribution in [0.3, 0.4) is 0 Å². The third-order valence-corrected chi connectivity index (χ3v) is 5.68. The quantitative estimate of drug-likeness (QED) is 0.266. The van der Waals surface area contributed by atoms with Gasteiger partial charge in [0.1, 0.15) is 11.6 Å². The van der Waals surface area contributed by atoms with Gasteiger partial charge in [0.25, 0.3) is 0 Å². The summed E-state index contributed by atoms with van der Waals surface area (Å²) in [4.78, 5) is 0. The van der Waals surface area contributed by atoms with Gasteiger partial charge in [-0.2, -0.15) is 5.26 Å². The molecule has 2 heterocycles. The molecule has 0 saturated carbocycles. The molecule has 0 atom stereocenters. The molecule has 0 unspecified atom stereocenters. The van der Waals surface area contributed by atoms with Gasteiger partial charge in [-0.1, -0.05) is 78.6 Å². The summed E-state index contributed by atoms with van der Waals surface area (Å²) in [6.07, 6.45) is 0. The molecule has 3 heteroatoms. The first kappa shape index (κ1) is 8.85. The molecule has 0 aliphatic rings. The van der Waals surface area contributed by atoms with E-state index in [-0.39, 0.29) is 60.5 Å². The Hall–Kier alpha value is -4.81. The maximum Gasteiger partial charge on any atom is 0.104 e. The number of aromatic nitrogens is 2. The molecular formula is C31H19N3. The minimum atomic E-state index is -0.675. The molecule has 0 saturated heterocycles. The van der Waals surface area contributed by atoms with Crippen molar-refractivity contribution in [2.24, 2.45) is 0 Å². The third-order valence-electron chi connectivity index (χ3n) is 5.68. The minimum Gasteiger partial charge on any atom is -0.308 e. The van der Waals surface area contributed by atoms with Crippen LogP contribution >= 0.6 is 0 Å². The van der Waals surface area contributed by atoms with Crippen molar-refractivity contribution in [3.05, 3.63) is 120 Å². The van der Waals surface area contributed by atoms with E-state index in [1.54, 1.807) is 0 Å². The van der Waals surface area contributed by atoms with Crippen molar-refractivity contribution in [2.75, 3.05) is 0 Å². The normalized spacial score (nSPS) is 18.1. The molecule has 7 aromatic rings. The van der Waals surface area contributed by atoms with Crippen molar-refractivity contribution in [2.45, 2.75) is 0 Å². The number of para-hydroxylation sites is 4. The number of benzene rings is 5. The molecule has 0 bridgehead atoms. The highest BCUT2D eigenvalue weighted by Gasteiger charge is 2.19. The summed E-state index contributed by atoms with van der Waals surface area (Å²) in [5, 5.41) is 9.88. The lowest BCUT2D eigenvalue weighted by atomic mass is 10.1. The lowest BCUT2D eigenvalue weighted by Crippen LogP contribution is -2.03. The van der Waals surface area contributed by atoms with Crippen LogP contribution in [-0.4, -0.2) is 9.13 Å². The van der Waals surface area contributed by atoms with Crippen LogP contribution in [0.5, 0.6) is 0 Å². The molecule has 2 aromatic heterocycles. The standard InChI is InChI=1S/C31H19N3/c32-20-25-30(33-26-14-5-1-10-21(26)22-11-2-6-15-27(22)33)18-9-19-31(25)34-28-16-7-3-12-23(28)24-13-4-8-17-29(24)34/h1-19H/i1D,2D,3D,4D,5D,6D,7D,8D,10D,11D,12D,13D,14D,15D,16D,17D. The Bertz CT molecular complexity index is 2460. The van der Waals surface area contributed by atoms with Crippen LogP contribution in [0.15, 0.2) is 115 Å². The molecule has 34 heavy (non-hydrogen) atoms. The average molecular weight is 450 g/mol. The Kier molecular flexibility index (Phi) is 1.85. The summed E-state index contributed by atoms with van der Waals surface area (Å²) in [5.41, 5.74) is -1.66. The number of nitriles is 1. The predicted molar refractivity (Wildman–Crippen MR) is 140 cm³/mol. The number of rotatable bonds is 2.